The summed E-state index contributed by atoms with van der Waals surface area (Å²) in [4.78, 5) is 0. The third kappa shape index (κ3) is 4.70. The normalized spacial score (nSPS) is 31.6. The molecule has 0 heterocycles. The Bertz CT molecular complexity index is 365. The Morgan fingerprint density at radius 3 is 2.37 bits per heavy atom. The van der Waals surface area contributed by atoms with Crippen LogP contribution in [0.1, 0.15) is 58.8 Å². The van der Waals surface area contributed by atoms with Gasteiger partial charge < -0.3 is 0 Å². The fourth-order valence-electron chi connectivity index (χ4n) is 3.56. The van der Waals surface area contributed by atoms with E-state index < -0.39 is 10.1 Å². The molecule has 108 valence electrons. The van der Waals surface area contributed by atoms with Crippen LogP contribution in [-0.2, 0) is 14.3 Å². The van der Waals surface area contributed by atoms with E-state index in [4.69, 9.17) is 4.18 Å². The molecule has 0 aromatic rings. The molecule has 0 saturated heterocycles. The van der Waals surface area contributed by atoms with Gasteiger partial charge in [0.15, 0.2) is 0 Å². The van der Waals surface area contributed by atoms with Crippen LogP contribution >= 0.6 is 0 Å². The Morgan fingerprint density at radius 1 is 1.05 bits per heavy atom. The number of fused-ring (bicyclic) bond motifs is 1. The van der Waals surface area contributed by atoms with Gasteiger partial charge in [0.2, 0.25) is 0 Å². The number of hydrogen-bond donors (Lipinski definition) is 0. The molecule has 0 amide bonds. The summed E-state index contributed by atoms with van der Waals surface area (Å²) < 4.78 is 29.9. The zero-order valence-corrected chi connectivity index (χ0v) is 12.4. The minimum atomic E-state index is -3.35. The summed E-state index contributed by atoms with van der Waals surface area (Å²) in [5, 5.41) is -0.227. The quantitative estimate of drug-likeness (QED) is 0.592. The maximum atomic E-state index is 12.3. The number of hydrogen-bond acceptors (Lipinski definition) is 3. The molecule has 0 N–H and O–H groups in total. The molecule has 19 heavy (non-hydrogen) atoms. The van der Waals surface area contributed by atoms with Gasteiger partial charge in [-0.05, 0) is 30.6 Å². The Hall–Kier alpha value is 0.910. The van der Waals surface area contributed by atoms with Gasteiger partial charge in [0, 0.05) is 0 Å². The van der Waals surface area contributed by atoms with E-state index in [0.717, 1.165) is 19.3 Å². The average Bonchev–Trinajstić information content (AvgIpc) is 2.36. The van der Waals surface area contributed by atoms with Crippen LogP contribution in [0.2, 0.25) is 0 Å². The summed E-state index contributed by atoms with van der Waals surface area (Å²) in [6.07, 6.45) is 7.86. The molecule has 3 atom stereocenters. The van der Waals surface area contributed by atoms with Crippen molar-refractivity contribution < 1.29 is 12.6 Å². The molecule has 0 spiro atoms. The van der Waals surface area contributed by atoms with Crippen molar-refractivity contribution in [3.8, 4) is 0 Å². The molecule has 3 nitrogen and oxygen atoms in total. The van der Waals surface area contributed by atoms with Crippen molar-refractivity contribution >= 4 is 39.7 Å². The molecule has 0 aliphatic heterocycles. The first-order chi connectivity index (χ1) is 8.50. The molecule has 0 bridgehead atoms. The van der Waals surface area contributed by atoms with Crippen molar-refractivity contribution in [3.05, 3.63) is 0 Å². The Balaban J connectivity index is 0.00000180. The molecule has 2 saturated carbocycles. The van der Waals surface area contributed by atoms with E-state index >= 15 is 0 Å². The molecular weight excluding hydrogens is 271 g/mol. The second kappa shape index (κ2) is 7.79. The second-order valence-electron chi connectivity index (χ2n) is 6.35. The van der Waals surface area contributed by atoms with Crippen LogP contribution in [0.5, 0.6) is 0 Å². The van der Waals surface area contributed by atoms with Gasteiger partial charge in [0.05, 0.1) is 11.9 Å². The monoisotopic (exact) mass is 298 g/mol. The van der Waals surface area contributed by atoms with Crippen molar-refractivity contribution in [1.82, 2.24) is 0 Å². The predicted octanol–water partition coefficient (Wildman–Crippen LogP) is 2.70. The second-order valence-corrected chi connectivity index (χ2v) is 8.18. The fraction of sp³-hybridized carbons (Fsp3) is 1.00. The fourth-order valence-corrected chi connectivity index (χ4v) is 5.43. The third-order valence-electron chi connectivity index (χ3n) is 4.45. The molecular formula is C14H27NaO3S. The first-order valence-electron chi connectivity index (χ1n) is 7.39. The van der Waals surface area contributed by atoms with Crippen LogP contribution in [0, 0.1) is 17.8 Å². The van der Waals surface area contributed by atoms with Crippen molar-refractivity contribution in [1.29, 1.82) is 0 Å². The first kappa shape index (κ1) is 18.0. The zero-order valence-electron chi connectivity index (χ0n) is 11.6. The molecule has 0 aromatic heterocycles. The topological polar surface area (TPSA) is 43.4 Å². The maximum absolute atomic E-state index is 12.3. The van der Waals surface area contributed by atoms with Gasteiger partial charge >= 0.3 is 29.6 Å². The van der Waals surface area contributed by atoms with Gasteiger partial charge in [-0.15, -0.1) is 0 Å². The summed E-state index contributed by atoms with van der Waals surface area (Å²) in [5.41, 5.74) is 0. The molecule has 3 unspecified atom stereocenters. The first-order valence-corrected chi connectivity index (χ1v) is 8.86. The van der Waals surface area contributed by atoms with Crippen LogP contribution < -0.4 is 0 Å². The van der Waals surface area contributed by atoms with E-state index in [2.05, 4.69) is 0 Å². The Labute approximate surface area is 140 Å². The van der Waals surface area contributed by atoms with Crippen molar-refractivity contribution in [2.75, 3.05) is 6.61 Å². The van der Waals surface area contributed by atoms with Gasteiger partial charge in [-0.1, -0.05) is 46.0 Å². The van der Waals surface area contributed by atoms with Gasteiger partial charge in [-0.3, -0.25) is 4.18 Å². The van der Waals surface area contributed by atoms with Crippen LogP contribution in [0.4, 0.5) is 0 Å². The summed E-state index contributed by atoms with van der Waals surface area (Å²) in [6, 6.07) is 0. The Morgan fingerprint density at radius 2 is 1.68 bits per heavy atom. The summed E-state index contributed by atoms with van der Waals surface area (Å²) in [5.74, 6) is 1.27. The van der Waals surface area contributed by atoms with E-state index in [1.807, 2.05) is 13.8 Å². The number of rotatable bonds is 4. The van der Waals surface area contributed by atoms with Crippen molar-refractivity contribution in [2.45, 2.75) is 64.0 Å². The molecule has 2 aliphatic rings. The molecule has 5 heteroatoms. The van der Waals surface area contributed by atoms with E-state index in [-0.39, 0.29) is 40.7 Å². The van der Waals surface area contributed by atoms with Crippen LogP contribution in [0.3, 0.4) is 0 Å². The van der Waals surface area contributed by atoms with Crippen LogP contribution in [0.25, 0.3) is 0 Å². The van der Waals surface area contributed by atoms with E-state index in [1.54, 1.807) is 0 Å². The third-order valence-corrected chi connectivity index (χ3v) is 6.24. The SMILES string of the molecule is CC(C)COS(=O)(=O)C1CCCC2CCCCC21.[NaH]. The standard InChI is InChI=1S/C14H26O3S.Na.H/c1-11(2)10-17-18(15,16)14-9-5-7-12-6-3-4-8-13(12)14;;/h11-14H,3-10H2,1-2H3;;. The van der Waals surface area contributed by atoms with Gasteiger partial charge in [0.25, 0.3) is 10.1 Å². The van der Waals surface area contributed by atoms with Crippen LogP contribution in [0.15, 0.2) is 0 Å². The van der Waals surface area contributed by atoms with Crippen molar-refractivity contribution in [3.63, 3.8) is 0 Å². The van der Waals surface area contributed by atoms with E-state index in [1.165, 1.54) is 25.7 Å². The van der Waals surface area contributed by atoms with Gasteiger partial charge in [-0.2, -0.15) is 8.42 Å². The molecule has 2 rings (SSSR count). The molecule has 0 aromatic carbocycles. The average molecular weight is 298 g/mol. The van der Waals surface area contributed by atoms with Gasteiger partial charge in [-0.25, -0.2) is 0 Å². The predicted molar refractivity (Wildman–Crippen MR) is 79.9 cm³/mol. The summed E-state index contributed by atoms with van der Waals surface area (Å²) >= 11 is 0. The van der Waals surface area contributed by atoms with E-state index in [9.17, 15) is 8.42 Å². The summed E-state index contributed by atoms with van der Waals surface area (Å²) in [7, 11) is -3.35. The van der Waals surface area contributed by atoms with Crippen molar-refractivity contribution in [2.24, 2.45) is 17.8 Å². The summed E-state index contributed by atoms with van der Waals surface area (Å²) in [6.45, 7) is 4.30. The van der Waals surface area contributed by atoms with E-state index in [0.29, 0.717) is 18.4 Å². The Kier molecular flexibility index (Phi) is 7.36. The molecule has 2 aliphatic carbocycles. The molecule has 2 fully saturated rings. The van der Waals surface area contributed by atoms with Crippen LogP contribution in [-0.4, -0.2) is 49.8 Å². The zero-order chi connectivity index (χ0) is 13.2. The molecule has 0 radical (unpaired) electrons. The minimum absolute atomic E-state index is 0. The van der Waals surface area contributed by atoms with Gasteiger partial charge in [0.1, 0.15) is 0 Å².